The summed E-state index contributed by atoms with van der Waals surface area (Å²) >= 11 is 0. The topological polar surface area (TPSA) is 67.2 Å². The van der Waals surface area contributed by atoms with E-state index in [1.54, 1.807) is 25.6 Å². The Labute approximate surface area is 124 Å². The van der Waals surface area contributed by atoms with Gasteiger partial charge in [0.05, 0.1) is 12.5 Å². The predicted molar refractivity (Wildman–Crippen MR) is 82.4 cm³/mol. The van der Waals surface area contributed by atoms with Gasteiger partial charge in [0.15, 0.2) is 0 Å². The highest BCUT2D eigenvalue weighted by atomic mass is 16.3. The van der Waals surface area contributed by atoms with Crippen LogP contribution in [0, 0.1) is 0 Å². The van der Waals surface area contributed by atoms with Crippen LogP contribution in [0.5, 0.6) is 0 Å². The van der Waals surface area contributed by atoms with Crippen molar-refractivity contribution in [3.8, 4) is 0 Å². The molecule has 0 saturated carbocycles. The summed E-state index contributed by atoms with van der Waals surface area (Å²) in [5.74, 6) is 0.566. The van der Waals surface area contributed by atoms with Crippen molar-refractivity contribution in [2.24, 2.45) is 0 Å². The molecule has 21 heavy (non-hydrogen) atoms. The van der Waals surface area contributed by atoms with Crippen LogP contribution in [-0.2, 0) is 12.0 Å². The Morgan fingerprint density at radius 1 is 1.33 bits per heavy atom. The second-order valence-corrected chi connectivity index (χ2v) is 5.94. The molecule has 2 N–H and O–H groups in total. The Bertz CT molecular complexity index is 613. The van der Waals surface area contributed by atoms with Crippen LogP contribution in [0.3, 0.4) is 0 Å². The van der Waals surface area contributed by atoms with E-state index >= 15 is 0 Å². The van der Waals surface area contributed by atoms with Crippen molar-refractivity contribution in [2.75, 3.05) is 12.4 Å². The summed E-state index contributed by atoms with van der Waals surface area (Å²) in [6.45, 7) is 6.66. The van der Waals surface area contributed by atoms with E-state index < -0.39 is 0 Å². The molecular weight excluding hydrogens is 266 g/mol. The molecule has 0 bridgehead atoms. The van der Waals surface area contributed by atoms with Gasteiger partial charge in [-0.3, -0.25) is 4.79 Å². The number of carbonyl (C=O) groups excluding carboxylic acids is 1. The van der Waals surface area contributed by atoms with Gasteiger partial charge in [0.1, 0.15) is 5.82 Å². The van der Waals surface area contributed by atoms with Crippen LogP contribution in [0.2, 0.25) is 0 Å². The number of pyridine rings is 1. The molecule has 112 valence electrons. The van der Waals surface area contributed by atoms with Gasteiger partial charge in [0.2, 0.25) is 0 Å². The predicted octanol–water partition coefficient (Wildman–Crippen LogP) is 2.94. The lowest BCUT2D eigenvalue weighted by Crippen LogP contribution is -2.24. The molecule has 2 aromatic heterocycles. The fourth-order valence-electron chi connectivity index (χ4n) is 1.85. The molecule has 0 radical (unpaired) electrons. The Morgan fingerprint density at radius 2 is 2.10 bits per heavy atom. The van der Waals surface area contributed by atoms with Crippen molar-refractivity contribution < 1.29 is 9.21 Å². The fraction of sp³-hybridized carbons (Fsp3) is 0.375. The molecule has 0 aromatic carbocycles. The van der Waals surface area contributed by atoms with Gasteiger partial charge in [-0.1, -0.05) is 20.8 Å². The summed E-state index contributed by atoms with van der Waals surface area (Å²) in [5, 5.41) is 5.88. The molecule has 1 amide bonds. The van der Waals surface area contributed by atoms with Gasteiger partial charge >= 0.3 is 0 Å². The molecule has 0 spiro atoms. The van der Waals surface area contributed by atoms with Crippen LogP contribution in [-0.4, -0.2) is 17.9 Å². The number of rotatable bonds is 4. The Balaban J connectivity index is 2.19. The maximum absolute atomic E-state index is 12.3. The van der Waals surface area contributed by atoms with Gasteiger partial charge < -0.3 is 15.1 Å². The largest absolute Gasteiger partial charge is 0.472 e. The lowest BCUT2D eigenvalue weighted by Gasteiger charge is -2.19. The SMILES string of the molecule is CNc1cc(C(=O)NCc2ccoc2)cc(C(C)(C)C)n1. The number of furan rings is 1. The number of nitrogens with zero attached hydrogens (tertiary/aromatic N) is 1. The minimum atomic E-state index is -0.124. The first-order valence-electron chi connectivity index (χ1n) is 6.90. The molecule has 0 unspecified atom stereocenters. The standard InChI is InChI=1S/C16H21N3O2/c1-16(2,3)13-7-12(8-14(17-4)19-13)15(20)18-9-11-5-6-21-10-11/h5-8,10H,9H2,1-4H3,(H,17,19)(H,18,20). The third-order valence-electron chi connectivity index (χ3n) is 3.15. The summed E-state index contributed by atoms with van der Waals surface area (Å²) in [6.07, 6.45) is 3.21. The minimum Gasteiger partial charge on any atom is -0.472 e. The minimum absolute atomic E-state index is 0.119. The van der Waals surface area contributed by atoms with Crippen LogP contribution in [0.15, 0.2) is 35.1 Å². The Kier molecular flexibility index (Phi) is 4.31. The Hall–Kier alpha value is -2.30. The number of aromatic nitrogens is 1. The van der Waals surface area contributed by atoms with Gasteiger partial charge in [-0.25, -0.2) is 4.98 Å². The lowest BCUT2D eigenvalue weighted by molar-refractivity contribution is 0.0950. The monoisotopic (exact) mass is 287 g/mol. The lowest BCUT2D eigenvalue weighted by atomic mass is 9.90. The molecule has 5 nitrogen and oxygen atoms in total. The van der Waals surface area contributed by atoms with E-state index in [0.717, 1.165) is 11.3 Å². The summed E-state index contributed by atoms with van der Waals surface area (Å²) in [6, 6.07) is 5.41. The number of nitrogens with one attached hydrogen (secondary N) is 2. The molecule has 0 fully saturated rings. The molecular formula is C16H21N3O2. The maximum atomic E-state index is 12.3. The Morgan fingerprint density at radius 3 is 2.67 bits per heavy atom. The van der Waals surface area contributed by atoms with Crippen LogP contribution in [0.25, 0.3) is 0 Å². The number of carbonyl (C=O) groups is 1. The fourth-order valence-corrected chi connectivity index (χ4v) is 1.85. The van der Waals surface area contributed by atoms with E-state index in [1.807, 2.05) is 12.1 Å². The number of hydrogen-bond donors (Lipinski definition) is 2. The van der Waals surface area contributed by atoms with Gasteiger partial charge in [-0.15, -0.1) is 0 Å². The van der Waals surface area contributed by atoms with E-state index in [-0.39, 0.29) is 11.3 Å². The number of anilines is 1. The smallest absolute Gasteiger partial charge is 0.251 e. The molecule has 2 aromatic rings. The molecule has 2 rings (SSSR count). The summed E-state index contributed by atoms with van der Waals surface area (Å²) in [7, 11) is 1.79. The van der Waals surface area contributed by atoms with E-state index in [4.69, 9.17) is 4.42 Å². The number of amides is 1. The molecule has 0 aliphatic heterocycles. The summed E-state index contributed by atoms with van der Waals surface area (Å²) in [5.41, 5.74) is 2.29. The molecule has 0 atom stereocenters. The normalized spacial score (nSPS) is 11.2. The quantitative estimate of drug-likeness (QED) is 0.907. The highest BCUT2D eigenvalue weighted by Crippen LogP contribution is 2.23. The molecule has 5 heteroatoms. The van der Waals surface area contributed by atoms with Crippen molar-refractivity contribution in [1.82, 2.24) is 10.3 Å². The van der Waals surface area contributed by atoms with Crippen LogP contribution in [0.1, 0.15) is 42.4 Å². The van der Waals surface area contributed by atoms with Gasteiger partial charge in [0, 0.05) is 35.8 Å². The average molecular weight is 287 g/mol. The van der Waals surface area contributed by atoms with Gasteiger partial charge in [-0.05, 0) is 18.2 Å². The van der Waals surface area contributed by atoms with Crippen LogP contribution < -0.4 is 10.6 Å². The highest BCUT2D eigenvalue weighted by Gasteiger charge is 2.19. The van der Waals surface area contributed by atoms with Crippen molar-refractivity contribution in [1.29, 1.82) is 0 Å². The summed E-state index contributed by atoms with van der Waals surface area (Å²) in [4.78, 5) is 16.8. The molecule has 0 aliphatic rings. The maximum Gasteiger partial charge on any atom is 0.251 e. The first-order chi connectivity index (χ1) is 9.90. The van der Waals surface area contributed by atoms with E-state index in [0.29, 0.717) is 17.9 Å². The summed E-state index contributed by atoms with van der Waals surface area (Å²) < 4.78 is 4.98. The van der Waals surface area contributed by atoms with E-state index in [2.05, 4.69) is 36.4 Å². The second kappa shape index (κ2) is 5.99. The van der Waals surface area contributed by atoms with Crippen LogP contribution in [0.4, 0.5) is 5.82 Å². The molecule has 0 aliphatic carbocycles. The van der Waals surface area contributed by atoms with Gasteiger partial charge in [-0.2, -0.15) is 0 Å². The third-order valence-corrected chi connectivity index (χ3v) is 3.15. The first-order valence-corrected chi connectivity index (χ1v) is 6.90. The van der Waals surface area contributed by atoms with Crippen molar-refractivity contribution >= 4 is 11.7 Å². The third kappa shape index (κ3) is 3.84. The average Bonchev–Trinajstić information content (AvgIpc) is 2.96. The zero-order valence-electron chi connectivity index (χ0n) is 12.9. The van der Waals surface area contributed by atoms with Crippen molar-refractivity contribution in [3.05, 3.63) is 47.5 Å². The second-order valence-electron chi connectivity index (χ2n) is 5.94. The molecule has 2 heterocycles. The van der Waals surface area contributed by atoms with Crippen molar-refractivity contribution in [2.45, 2.75) is 32.7 Å². The number of hydrogen-bond acceptors (Lipinski definition) is 4. The van der Waals surface area contributed by atoms with Crippen LogP contribution >= 0.6 is 0 Å². The zero-order valence-corrected chi connectivity index (χ0v) is 12.9. The van der Waals surface area contributed by atoms with Crippen molar-refractivity contribution in [3.63, 3.8) is 0 Å². The highest BCUT2D eigenvalue weighted by molar-refractivity contribution is 5.95. The molecule has 0 saturated heterocycles. The first kappa shape index (κ1) is 15.1. The van der Waals surface area contributed by atoms with E-state index in [9.17, 15) is 4.79 Å². The van der Waals surface area contributed by atoms with Gasteiger partial charge in [0.25, 0.3) is 5.91 Å². The zero-order chi connectivity index (χ0) is 15.5. The van der Waals surface area contributed by atoms with E-state index in [1.165, 1.54) is 0 Å².